The number of carbonyl (C=O) groups is 3. The van der Waals surface area contributed by atoms with Gasteiger partial charge in [-0.05, 0) is 60.9 Å². The van der Waals surface area contributed by atoms with E-state index >= 15 is 0 Å². The minimum atomic E-state index is -1.01. The van der Waals surface area contributed by atoms with Crippen LogP contribution in [0.1, 0.15) is 58.4 Å². The van der Waals surface area contributed by atoms with Crippen molar-refractivity contribution in [3.05, 3.63) is 106 Å². The Balaban J connectivity index is 1.50. The van der Waals surface area contributed by atoms with Gasteiger partial charge in [-0.2, -0.15) is 0 Å². The summed E-state index contributed by atoms with van der Waals surface area (Å²) in [4.78, 5) is 40.4. The van der Waals surface area contributed by atoms with Gasteiger partial charge in [0, 0.05) is 11.3 Å². The van der Waals surface area contributed by atoms with Gasteiger partial charge in [-0.3, -0.25) is 14.5 Å². The number of hydrogen-bond donors (Lipinski definition) is 1. The van der Waals surface area contributed by atoms with Crippen LogP contribution in [0.5, 0.6) is 5.75 Å². The van der Waals surface area contributed by atoms with Crippen molar-refractivity contribution in [1.29, 1.82) is 0 Å². The first-order valence-electron chi connectivity index (χ1n) is 14.0. The number of thioether (sulfide) groups is 1. The molecule has 2 heterocycles. The number of carbonyl (C=O) groups excluding carboxylic acids is 3. The molecule has 1 amide bonds. The molecule has 1 aliphatic rings. The van der Waals surface area contributed by atoms with Gasteiger partial charge in [-0.15, -0.1) is 10.2 Å². The van der Waals surface area contributed by atoms with Gasteiger partial charge >= 0.3 is 11.9 Å². The Labute approximate surface area is 263 Å². The van der Waals surface area contributed by atoms with E-state index in [1.807, 2.05) is 31.2 Å². The van der Waals surface area contributed by atoms with E-state index in [-0.39, 0.29) is 16.5 Å². The van der Waals surface area contributed by atoms with Crippen LogP contribution >= 0.6 is 23.1 Å². The second kappa shape index (κ2) is 13.9. The zero-order chi connectivity index (χ0) is 31.2. The molecular weight excluding hydrogens is 599 g/mol. The van der Waals surface area contributed by atoms with Gasteiger partial charge in [0.05, 0.1) is 30.9 Å². The van der Waals surface area contributed by atoms with E-state index in [9.17, 15) is 19.5 Å². The van der Waals surface area contributed by atoms with Gasteiger partial charge in [0.2, 0.25) is 5.13 Å². The molecule has 0 aliphatic carbocycles. The van der Waals surface area contributed by atoms with Crippen molar-refractivity contribution in [3.63, 3.8) is 0 Å². The SMILES string of the molecule is CCCCOc1ccc(/C(O)=C2\C(=O)C(=O)N(c3nnc(SCc4ccc(C)cc4)s3)C2c2ccc(C(=O)OC)cc2)cc1. The van der Waals surface area contributed by atoms with Crippen molar-refractivity contribution >= 4 is 51.6 Å². The number of nitrogens with zero attached hydrogens (tertiary/aromatic N) is 3. The molecule has 226 valence electrons. The second-order valence-corrected chi connectivity index (χ2v) is 12.3. The van der Waals surface area contributed by atoms with Gasteiger partial charge in [0.25, 0.3) is 5.78 Å². The highest BCUT2D eigenvalue weighted by Crippen LogP contribution is 2.44. The van der Waals surface area contributed by atoms with E-state index in [1.165, 1.54) is 40.7 Å². The van der Waals surface area contributed by atoms with E-state index < -0.39 is 23.7 Å². The van der Waals surface area contributed by atoms with Crippen LogP contribution < -0.4 is 9.64 Å². The molecule has 3 aromatic carbocycles. The Hall–Kier alpha value is -4.48. The molecule has 1 aliphatic heterocycles. The Morgan fingerprint density at radius 1 is 0.977 bits per heavy atom. The number of esters is 1. The molecule has 5 rings (SSSR count). The summed E-state index contributed by atoms with van der Waals surface area (Å²) in [5.74, 6) is -1.24. The average Bonchev–Trinajstić information content (AvgIpc) is 3.62. The number of benzene rings is 3. The summed E-state index contributed by atoms with van der Waals surface area (Å²) in [6, 6.07) is 20.2. The van der Waals surface area contributed by atoms with E-state index in [2.05, 4.69) is 17.1 Å². The number of amides is 1. The highest BCUT2D eigenvalue weighted by molar-refractivity contribution is 8.00. The van der Waals surface area contributed by atoms with Crippen LogP contribution in [-0.2, 0) is 20.1 Å². The van der Waals surface area contributed by atoms with Gasteiger partial charge in [-0.25, -0.2) is 4.79 Å². The first kappa shape index (κ1) is 31.0. The van der Waals surface area contributed by atoms with Crippen LogP contribution in [0.2, 0.25) is 0 Å². The number of Topliss-reactive ketones (excluding diaryl/α,β-unsaturated/α-hetero) is 1. The molecule has 0 bridgehead atoms. The molecule has 1 saturated heterocycles. The Kier molecular flexibility index (Phi) is 9.76. The molecule has 1 fully saturated rings. The van der Waals surface area contributed by atoms with Crippen LogP contribution in [0.15, 0.2) is 82.7 Å². The Morgan fingerprint density at radius 3 is 2.32 bits per heavy atom. The van der Waals surface area contributed by atoms with E-state index in [4.69, 9.17) is 9.47 Å². The topological polar surface area (TPSA) is 119 Å². The molecule has 44 heavy (non-hydrogen) atoms. The monoisotopic (exact) mass is 629 g/mol. The number of hydrogen-bond acceptors (Lipinski definition) is 10. The molecule has 0 spiro atoms. The third-order valence-electron chi connectivity index (χ3n) is 7.07. The lowest BCUT2D eigenvalue weighted by Gasteiger charge is -2.22. The first-order valence-corrected chi connectivity index (χ1v) is 15.8. The number of ketones is 1. The first-order chi connectivity index (χ1) is 21.3. The lowest BCUT2D eigenvalue weighted by molar-refractivity contribution is -0.132. The summed E-state index contributed by atoms with van der Waals surface area (Å²) in [6.07, 6.45) is 1.92. The third-order valence-corrected chi connectivity index (χ3v) is 9.20. The number of unbranched alkanes of at least 4 members (excludes halogenated alkanes) is 1. The lowest BCUT2D eigenvalue weighted by atomic mass is 9.94. The molecule has 9 nitrogen and oxygen atoms in total. The molecule has 1 N–H and O–H groups in total. The summed E-state index contributed by atoms with van der Waals surface area (Å²) in [5.41, 5.74) is 3.35. The highest BCUT2D eigenvalue weighted by atomic mass is 32.2. The quantitative estimate of drug-likeness (QED) is 0.0366. The van der Waals surface area contributed by atoms with Crippen LogP contribution in [-0.4, -0.2) is 46.7 Å². The molecule has 1 atom stereocenters. The summed E-state index contributed by atoms with van der Waals surface area (Å²) >= 11 is 2.66. The number of aryl methyl sites for hydroxylation is 1. The largest absolute Gasteiger partial charge is 0.507 e. The summed E-state index contributed by atoms with van der Waals surface area (Å²) < 4.78 is 11.2. The standard InChI is InChI=1S/C33H31N3O6S2/c1-4-5-18-42-25-16-14-23(15-17-25)28(37)26-27(22-10-12-24(13-11-22)31(40)41-3)36(30(39)29(26)38)32-34-35-33(44-32)43-19-21-8-6-20(2)7-9-21/h6-17,27,37H,4-5,18-19H2,1-3H3/b28-26+. The average molecular weight is 630 g/mol. The number of ether oxygens (including phenoxy) is 2. The molecule has 0 radical (unpaired) electrons. The number of aromatic nitrogens is 2. The Bertz CT molecular complexity index is 1680. The fourth-order valence-corrected chi connectivity index (χ4v) is 6.47. The van der Waals surface area contributed by atoms with Crippen LogP contribution in [0.25, 0.3) is 5.76 Å². The van der Waals surface area contributed by atoms with Crippen molar-refractivity contribution in [1.82, 2.24) is 10.2 Å². The number of aliphatic hydroxyl groups is 1. The van der Waals surface area contributed by atoms with Crippen molar-refractivity contribution in [2.24, 2.45) is 0 Å². The molecule has 11 heteroatoms. The summed E-state index contributed by atoms with van der Waals surface area (Å²) in [5, 5.41) is 20.2. The van der Waals surface area contributed by atoms with Gasteiger partial charge in [0.1, 0.15) is 11.5 Å². The zero-order valence-electron chi connectivity index (χ0n) is 24.5. The smallest absolute Gasteiger partial charge is 0.337 e. The van der Waals surface area contributed by atoms with Gasteiger partial charge in [0.15, 0.2) is 4.34 Å². The van der Waals surface area contributed by atoms with Gasteiger partial charge in [-0.1, -0.05) is 78.4 Å². The molecular formula is C33H31N3O6S2. The lowest BCUT2D eigenvalue weighted by Crippen LogP contribution is -2.29. The van der Waals surface area contributed by atoms with E-state index in [0.717, 1.165) is 18.4 Å². The van der Waals surface area contributed by atoms with Crippen LogP contribution in [0.4, 0.5) is 5.13 Å². The van der Waals surface area contributed by atoms with Crippen LogP contribution in [0, 0.1) is 6.92 Å². The number of anilines is 1. The highest BCUT2D eigenvalue weighted by Gasteiger charge is 2.48. The maximum absolute atomic E-state index is 13.5. The van der Waals surface area contributed by atoms with Crippen molar-refractivity contribution in [2.75, 3.05) is 18.6 Å². The van der Waals surface area contributed by atoms with Crippen molar-refractivity contribution in [3.8, 4) is 5.75 Å². The van der Waals surface area contributed by atoms with E-state index in [1.54, 1.807) is 48.5 Å². The predicted octanol–water partition coefficient (Wildman–Crippen LogP) is 6.73. The minimum Gasteiger partial charge on any atom is -0.507 e. The van der Waals surface area contributed by atoms with Crippen LogP contribution in [0.3, 0.4) is 0 Å². The molecule has 1 unspecified atom stereocenters. The second-order valence-electron chi connectivity index (χ2n) is 10.1. The number of rotatable bonds is 11. The number of aliphatic hydroxyl groups excluding tert-OH is 1. The maximum Gasteiger partial charge on any atom is 0.337 e. The third kappa shape index (κ3) is 6.68. The fraction of sp³-hybridized carbons (Fsp3) is 0.242. The fourth-order valence-electron chi connectivity index (χ4n) is 4.65. The van der Waals surface area contributed by atoms with Gasteiger partial charge < -0.3 is 14.6 Å². The molecule has 1 aromatic heterocycles. The summed E-state index contributed by atoms with van der Waals surface area (Å²) in [7, 11) is 1.29. The number of methoxy groups -OCH3 is 1. The van der Waals surface area contributed by atoms with E-state index in [0.29, 0.717) is 39.1 Å². The predicted molar refractivity (Wildman–Crippen MR) is 170 cm³/mol. The normalized spacial score (nSPS) is 15.9. The maximum atomic E-state index is 13.5. The minimum absolute atomic E-state index is 0.0930. The Morgan fingerprint density at radius 2 is 1.66 bits per heavy atom. The summed E-state index contributed by atoms with van der Waals surface area (Å²) in [6.45, 7) is 4.67. The zero-order valence-corrected chi connectivity index (χ0v) is 26.1. The molecule has 4 aromatic rings. The molecule has 0 saturated carbocycles. The van der Waals surface area contributed by atoms with Crippen molar-refractivity contribution < 1.29 is 29.0 Å². The van der Waals surface area contributed by atoms with Crippen molar-refractivity contribution in [2.45, 2.75) is 42.8 Å².